The Bertz CT molecular complexity index is 130. The molecule has 3 unspecified atom stereocenters. The average molecular weight is 170 g/mol. The van der Waals surface area contributed by atoms with Crippen molar-refractivity contribution in [1.29, 1.82) is 0 Å². The summed E-state index contributed by atoms with van der Waals surface area (Å²) in [5.41, 5.74) is 0. The monoisotopic (exact) mass is 170 g/mol. The highest BCUT2D eigenvalue weighted by atomic mass is 15.1. The van der Waals surface area contributed by atoms with E-state index >= 15 is 0 Å². The second-order valence-electron chi connectivity index (χ2n) is 4.38. The summed E-state index contributed by atoms with van der Waals surface area (Å²) in [5.74, 6) is 1.97. The third-order valence-electron chi connectivity index (χ3n) is 2.90. The molecule has 0 bridgehead atoms. The van der Waals surface area contributed by atoms with Gasteiger partial charge in [-0.25, -0.2) is 0 Å². The first-order chi connectivity index (χ1) is 5.63. The molecule has 1 fully saturated rings. The van der Waals surface area contributed by atoms with Crippen LogP contribution in [-0.2, 0) is 0 Å². The fraction of sp³-hybridized carbons (Fsp3) is 1.00. The van der Waals surface area contributed by atoms with Gasteiger partial charge in [-0.15, -0.1) is 0 Å². The van der Waals surface area contributed by atoms with E-state index in [1.54, 1.807) is 0 Å². The van der Waals surface area contributed by atoms with E-state index < -0.39 is 0 Å². The Balaban J connectivity index is 2.07. The molecule has 0 saturated heterocycles. The maximum Gasteiger partial charge on any atom is 0.0163 e. The van der Waals surface area contributed by atoms with Gasteiger partial charge in [0.1, 0.15) is 0 Å². The van der Waals surface area contributed by atoms with Gasteiger partial charge < -0.3 is 10.2 Å². The molecule has 0 aromatic rings. The molecule has 0 heterocycles. The highest BCUT2D eigenvalue weighted by molar-refractivity contribution is 4.84. The van der Waals surface area contributed by atoms with Crippen molar-refractivity contribution in [2.45, 2.75) is 26.3 Å². The van der Waals surface area contributed by atoms with E-state index in [9.17, 15) is 0 Å². The standard InChI is InChI=1S/C10H22N2/c1-8-5-10(8)7-12(4)6-9(2)11-3/h8-11H,5-7H2,1-4H3. The van der Waals surface area contributed by atoms with Gasteiger partial charge in [0.2, 0.25) is 0 Å². The second-order valence-corrected chi connectivity index (χ2v) is 4.38. The predicted molar refractivity (Wildman–Crippen MR) is 53.3 cm³/mol. The lowest BCUT2D eigenvalue weighted by atomic mass is 10.3. The molecular weight excluding hydrogens is 148 g/mol. The van der Waals surface area contributed by atoms with E-state index in [4.69, 9.17) is 0 Å². The molecule has 0 radical (unpaired) electrons. The van der Waals surface area contributed by atoms with Gasteiger partial charge >= 0.3 is 0 Å². The Labute approximate surface area is 76.3 Å². The average Bonchev–Trinajstić information content (AvgIpc) is 2.66. The van der Waals surface area contributed by atoms with Crippen molar-refractivity contribution in [3.05, 3.63) is 0 Å². The van der Waals surface area contributed by atoms with Crippen LogP contribution in [0.3, 0.4) is 0 Å². The first-order valence-corrected chi connectivity index (χ1v) is 4.99. The third kappa shape index (κ3) is 3.11. The molecule has 1 saturated carbocycles. The number of nitrogens with zero attached hydrogens (tertiary/aromatic N) is 1. The first-order valence-electron chi connectivity index (χ1n) is 4.99. The number of hydrogen-bond acceptors (Lipinski definition) is 2. The number of likely N-dealkylation sites (N-methyl/N-ethyl adjacent to an activating group) is 2. The van der Waals surface area contributed by atoms with E-state index in [1.807, 2.05) is 7.05 Å². The summed E-state index contributed by atoms with van der Waals surface area (Å²) in [6, 6.07) is 0.615. The minimum absolute atomic E-state index is 0.615. The number of hydrogen-bond donors (Lipinski definition) is 1. The predicted octanol–water partition coefficient (Wildman–Crippen LogP) is 1.18. The van der Waals surface area contributed by atoms with Crippen LogP contribution in [0.5, 0.6) is 0 Å². The topological polar surface area (TPSA) is 15.3 Å². The minimum atomic E-state index is 0.615. The van der Waals surface area contributed by atoms with Gasteiger partial charge in [-0.3, -0.25) is 0 Å². The Kier molecular flexibility index (Phi) is 3.53. The van der Waals surface area contributed by atoms with E-state index in [0.29, 0.717) is 6.04 Å². The molecule has 1 rings (SSSR count). The van der Waals surface area contributed by atoms with E-state index in [1.165, 1.54) is 19.5 Å². The van der Waals surface area contributed by atoms with Gasteiger partial charge in [0.25, 0.3) is 0 Å². The Morgan fingerprint density at radius 1 is 1.58 bits per heavy atom. The van der Waals surface area contributed by atoms with Crippen LogP contribution in [0.2, 0.25) is 0 Å². The summed E-state index contributed by atoms with van der Waals surface area (Å²) in [7, 11) is 4.25. The molecule has 12 heavy (non-hydrogen) atoms. The summed E-state index contributed by atoms with van der Waals surface area (Å²) in [5, 5.41) is 3.26. The number of rotatable bonds is 5. The Morgan fingerprint density at radius 3 is 2.58 bits per heavy atom. The maximum absolute atomic E-state index is 3.26. The third-order valence-corrected chi connectivity index (χ3v) is 2.90. The maximum atomic E-state index is 3.26. The van der Waals surface area contributed by atoms with E-state index in [2.05, 4.69) is 31.1 Å². The van der Waals surface area contributed by atoms with Crippen LogP contribution >= 0.6 is 0 Å². The molecule has 2 heteroatoms. The zero-order valence-corrected chi connectivity index (χ0v) is 8.80. The molecule has 0 amide bonds. The van der Waals surface area contributed by atoms with Gasteiger partial charge in [0.15, 0.2) is 0 Å². The van der Waals surface area contributed by atoms with Crippen LogP contribution in [0.25, 0.3) is 0 Å². The molecule has 0 spiro atoms. The summed E-state index contributed by atoms with van der Waals surface area (Å²) in [6.07, 6.45) is 1.44. The van der Waals surface area contributed by atoms with Crippen LogP contribution < -0.4 is 5.32 Å². The van der Waals surface area contributed by atoms with Crippen molar-refractivity contribution >= 4 is 0 Å². The molecule has 3 atom stereocenters. The quantitative estimate of drug-likeness (QED) is 0.666. The summed E-state index contributed by atoms with van der Waals surface area (Å²) >= 11 is 0. The lowest BCUT2D eigenvalue weighted by Gasteiger charge is -2.20. The molecule has 1 aliphatic carbocycles. The highest BCUT2D eigenvalue weighted by Crippen LogP contribution is 2.37. The zero-order valence-electron chi connectivity index (χ0n) is 8.80. The first kappa shape index (κ1) is 10.0. The van der Waals surface area contributed by atoms with Crippen LogP contribution in [0.15, 0.2) is 0 Å². The van der Waals surface area contributed by atoms with E-state index in [0.717, 1.165) is 11.8 Å². The normalized spacial score (nSPS) is 30.8. The van der Waals surface area contributed by atoms with Crippen LogP contribution in [0.4, 0.5) is 0 Å². The molecule has 72 valence electrons. The van der Waals surface area contributed by atoms with Crippen molar-refractivity contribution in [2.24, 2.45) is 11.8 Å². The summed E-state index contributed by atoms with van der Waals surface area (Å²) in [4.78, 5) is 2.44. The summed E-state index contributed by atoms with van der Waals surface area (Å²) < 4.78 is 0. The van der Waals surface area contributed by atoms with Crippen molar-refractivity contribution < 1.29 is 0 Å². The van der Waals surface area contributed by atoms with Gasteiger partial charge in [-0.1, -0.05) is 6.92 Å². The van der Waals surface area contributed by atoms with Crippen molar-refractivity contribution in [1.82, 2.24) is 10.2 Å². The lowest BCUT2D eigenvalue weighted by Crippen LogP contribution is -2.36. The molecule has 2 nitrogen and oxygen atoms in total. The van der Waals surface area contributed by atoms with Crippen molar-refractivity contribution in [3.63, 3.8) is 0 Å². The second kappa shape index (κ2) is 4.24. The van der Waals surface area contributed by atoms with E-state index in [-0.39, 0.29) is 0 Å². The molecule has 1 aliphatic rings. The highest BCUT2D eigenvalue weighted by Gasteiger charge is 2.33. The minimum Gasteiger partial charge on any atom is -0.316 e. The zero-order chi connectivity index (χ0) is 9.14. The SMILES string of the molecule is CNC(C)CN(C)CC1CC1C. The number of nitrogens with one attached hydrogen (secondary N) is 1. The van der Waals surface area contributed by atoms with Crippen LogP contribution in [-0.4, -0.2) is 38.1 Å². The fourth-order valence-corrected chi connectivity index (χ4v) is 1.69. The Hall–Kier alpha value is -0.0800. The van der Waals surface area contributed by atoms with Crippen LogP contribution in [0.1, 0.15) is 20.3 Å². The summed E-state index contributed by atoms with van der Waals surface area (Å²) in [6.45, 7) is 7.03. The molecule has 0 aliphatic heterocycles. The largest absolute Gasteiger partial charge is 0.316 e. The van der Waals surface area contributed by atoms with Crippen molar-refractivity contribution in [3.8, 4) is 0 Å². The Morgan fingerprint density at radius 2 is 2.17 bits per heavy atom. The smallest absolute Gasteiger partial charge is 0.0163 e. The van der Waals surface area contributed by atoms with Gasteiger partial charge in [-0.2, -0.15) is 0 Å². The fourth-order valence-electron chi connectivity index (χ4n) is 1.69. The molecule has 0 aromatic heterocycles. The molecule has 1 N–H and O–H groups in total. The van der Waals surface area contributed by atoms with Crippen LogP contribution in [0, 0.1) is 11.8 Å². The lowest BCUT2D eigenvalue weighted by molar-refractivity contribution is 0.287. The van der Waals surface area contributed by atoms with Crippen molar-refractivity contribution in [2.75, 3.05) is 27.2 Å². The van der Waals surface area contributed by atoms with Gasteiger partial charge in [-0.05, 0) is 39.3 Å². The van der Waals surface area contributed by atoms with Gasteiger partial charge in [0.05, 0.1) is 0 Å². The molecular formula is C10H22N2. The van der Waals surface area contributed by atoms with Gasteiger partial charge in [0, 0.05) is 19.1 Å². The molecule has 0 aromatic carbocycles.